The molecule has 8 atom stereocenters. The summed E-state index contributed by atoms with van der Waals surface area (Å²) in [5.41, 5.74) is 0.578. The first-order chi connectivity index (χ1) is 26.8. The number of ketones is 1. The number of para-hydroxylation sites is 1. The van der Waals surface area contributed by atoms with E-state index in [0.717, 1.165) is 60.7 Å². The number of allylic oxidation sites excluding steroid dienone is 3. The number of carbonyl (C=O) groups excluding carboxylic acids is 4. The molecule has 9 rings (SSSR count). The Hall–Kier alpha value is -4.06. The molecule has 298 valence electrons. The van der Waals surface area contributed by atoms with Crippen molar-refractivity contribution in [3.63, 3.8) is 0 Å². The van der Waals surface area contributed by atoms with Gasteiger partial charge in [0.05, 0.1) is 40.4 Å². The summed E-state index contributed by atoms with van der Waals surface area (Å²) in [7, 11) is -3.93. The van der Waals surface area contributed by atoms with Gasteiger partial charge in [-0.1, -0.05) is 55.3 Å². The molecule has 3 aliphatic heterocycles. The Morgan fingerprint density at radius 2 is 1.86 bits per heavy atom. The van der Waals surface area contributed by atoms with Crippen molar-refractivity contribution < 1.29 is 37.1 Å². The van der Waals surface area contributed by atoms with Gasteiger partial charge in [-0.25, -0.2) is 13.4 Å². The van der Waals surface area contributed by atoms with Gasteiger partial charge in [0.2, 0.25) is 21.8 Å². The minimum Gasteiger partial charge on any atom is -0.483 e. The minimum atomic E-state index is -3.93. The zero-order chi connectivity index (χ0) is 39.0. The second kappa shape index (κ2) is 13.8. The topological polar surface area (TPSA) is 149 Å². The van der Waals surface area contributed by atoms with Crippen LogP contribution in [-0.2, 0) is 40.4 Å². The van der Waals surface area contributed by atoms with Gasteiger partial charge in [-0.05, 0) is 96.0 Å². The van der Waals surface area contributed by atoms with Crippen LogP contribution in [0.15, 0.2) is 48.6 Å². The molecule has 2 bridgehead atoms. The van der Waals surface area contributed by atoms with E-state index in [0.29, 0.717) is 50.2 Å². The predicted molar refractivity (Wildman–Crippen MR) is 209 cm³/mol. The van der Waals surface area contributed by atoms with Crippen molar-refractivity contribution in [2.75, 3.05) is 6.54 Å². The van der Waals surface area contributed by atoms with Crippen LogP contribution in [0.5, 0.6) is 5.75 Å². The number of pyridine rings is 1. The van der Waals surface area contributed by atoms with E-state index >= 15 is 0 Å². The van der Waals surface area contributed by atoms with Crippen molar-refractivity contribution in [2.24, 2.45) is 29.1 Å². The maximum atomic E-state index is 15.0. The number of Topliss-reactive ketones (excluding diaryl/α,β-unsaturated/α-hetero) is 1. The molecule has 3 saturated carbocycles. The highest BCUT2D eigenvalue weighted by atomic mass is 32.2. The number of fused-ring (bicyclic) bond motifs is 7. The number of benzene rings is 1. The number of aromatic nitrogens is 1. The standard InChI is InChI=1S/C44H53N3O8S/c1-27-39-33(32-12-8-9-13-34(32)45-27)16-17-43(55-39)24-35-36(48)25-44(41(51)46-56(52,53)42(2)18-19-42)23-31(44)11-7-5-3-4-6-10-30(40(50)47(35)26-43)22-38(49)54-37-21-28-14-15-29(37)20-28/h7-9,11-15,28-31,35,37H,3-6,10,16-26H2,1-2H3,(H,46,51)/b11-7-/t28-,29+,30+,31+,35-,37?,43+,44+/m0/s1. The summed E-state index contributed by atoms with van der Waals surface area (Å²) in [6.07, 6.45) is 16.2. The van der Waals surface area contributed by atoms with Crippen LogP contribution in [0.25, 0.3) is 10.9 Å². The molecule has 0 radical (unpaired) electrons. The van der Waals surface area contributed by atoms with E-state index in [-0.39, 0.29) is 61.4 Å². The predicted octanol–water partition coefficient (Wildman–Crippen LogP) is 6.21. The normalized spacial score (nSPS) is 35.1. The van der Waals surface area contributed by atoms with Crippen molar-refractivity contribution in [2.45, 2.75) is 133 Å². The number of hydrogen-bond donors (Lipinski definition) is 1. The van der Waals surface area contributed by atoms with Crippen LogP contribution in [-0.4, -0.2) is 70.9 Å². The molecular weight excluding hydrogens is 731 g/mol. The molecule has 4 aliphatic carbocycles. The number of nitrogens with zero attached hydrogens (tertiary/aromatic N) is 2. The Kier molecular flexibility index (Phi) is 9.25. The highest BCUT2D eigenvalue weighted by molar-refractivity contribution is 7.91. The molecule has 1 N–H and O–H groups in total. The van der Waals surface area contributed by atoms with E-state index in [1.54, 1.807) is 11.8 Å². The van der Waals surface area contributed by atoms with E-state index in [4.69, 9.17) is 14.5 Å². The smallest absolute Gasteiger partial charge is 0.306 e. The molecule has 2 amide bonds. The van der Waals surface area contributed by atoms with Gasteiger partial charge in [0, 0.05) is 35.6 Å². The molecule has 1 saturated heterocycles. The van der Waals surface area contributed by atoms with E-state index in [1.807, 2.05) is 43.3 Å². The molecule has 1 spiro atoms. The average Bonchev–Trinajstić information content (AvgIpc) is 3.89. The number of carbonyl (C=O) groups is 4. The highest BCUT2D eigenvalue weighted by Gasteiger charge is 2.63. The molecule has 1 unspecified atom stereocenters. The number of esters is 1. The molecule has 4 heterocycles. The van der Waals surface area contributed by atoms with Gasteiger partial charge >= 0.3 is 5.97 Å². The Labute approximate surface area is 329 Å². The Bertz CT molecular complexity index is 2160. The maximum absolute atomic E-state index is 15.0. The van der Waals surface area contributed by atoms with E-state index in [2.05, 4.69) is 16.9 Å². The molecule has 4 fully saturated rings. The van der Waals surface area contributed by atoms with Crippen molar-refractivity contribution in [3.8, 4) is 5.75 Å². The fourth-order valence-corrected chi connectivity index (χ4v) is 11.7. The van der Waals surface area contributed by atoms with Crippen molar-refractivity contribution >= 4 is 44.5 Å². The van der Waals surface area contributed by atoms with Crippen molar-refractivity contribution in [1.29, 1.82) is 0 Å². The first kappa shape index (κ1) is 37.5. The van der Waals surface area contributed by atoms with Gasteiger partial charge in [-0.2, -0.15) is 0 Å². The number of sulfonamides is 1. The molecular formula is C44H53N3O8S. The van der Waals surface area contributed by atoms with Gasteiger partial charge in [-0.3, -0.25) is 23.9 Å². The third-order valence-corrected chi connectivity index (χ3v) is 16.4. The van der Waals surface area contributed by atoms with Crippen LogP contribution in [0.4, 0.5) is 0 Å². The second-order valence-electron chi connectivity index (χ2n) is 18.3. The van der Waals surface area contributed by atoms with Gasteiger partial charge < -0.3 is 14.4 Å². The van der Waals surface area contributed by atoms with Crippen LogP contribution >= 0.6 is 0 Å². The summed E-state index contributed by atoms with van der Waals surface area (Å²) in [6, 6.07) is 7.05. The number of amides is 2. The van der Waals surface area contributed by atoms with Crippen LogP contribution < -0.4 is 9.46 Å². The first-order valence-electron chi connectivity index (χ1n) is 20.8. The molecule has 1 aromatic heterocycles. The Morgan fingerprint density at radius 1 is 1.04 bits per heavy atom. The monoisotopic (exact) mass is 783 g/mol. The van der Waals surface area contributed by atoms with Crippen LogP contribution in [0.2, 0.25) is 0 Å². The van der Waals surface area contributed by atoms with Gasteiger partial charge in [0.15, 0.2) is 5.78 Å². The van der Waals surface area contributed by atoms with Crippen LogP contribution in [0.1, 0.15) is 108 Å². The third-order valence-electron chi connectivity index (χ3n) is 14.3. The summed E-state index contributed by atoms with van der Waals surface area (Å²) in [5.74, 6) is -1.21. The lowest BCUT2D eigenvalue weighted by Crippen LogP contribution is -2.48. The molecule has 7 aliphatic rings. The van der Waals surface area contributed by atoms with Crippen molar-refractivity contribution in [3.05, 3.63) is 59.8 Å². The molecule has 1 aromatic carbocycles. The summed E-state index contributed by atoms with van der Waals surface area (Å²) < 4.78 is 40.9. The molecule has 56 heavy (non-hydrogen) atoms. The lowest BCUT2D eigenvalue weighted by atomic mass is 9.85. The third kappa shape index (κ3) is 6.67. The van der Waals surface area contributed by atoms with Crippen LogP contribution in [0.3, 0.4) is 0 Å². The van der Waals surface area contributed by atoms with Crippen LogP contribution in [0, 0.1) is 36.0 Å². The lowest BCUT2D eigenvalue weighted by molar-refractivity contribution is -0.155. The molecule has 11 nitrogen and oxygen atoms in total. The minimum absolute atomic E-state index is 0.0650. The zero-order valence-corrected chi connectivity index (χ0v) is 33.3. The van der Waals surface area contributed by atoms with Crippen molar-refractivity contribution in [1.82, 2.24) is 14.6 Å². The summed E-state index contributed by atoms with van der Waals surface area (Å²) in [5, 5.41) is 1.02. The quantitative estimate of drug-likeness (QED) is 0.267. The average molecular weight is 784 g/mol. The zero-order valence-electron chi connectivity index (χ0n) is 32.5. The Balaban J connectivity index is 1.03. The fraction of sp³-hybridized carbons (Fsp3) is 0.614. The van der Waals surface area contributed by atoms with Gasteiger partial charge in [0.1, 0.15) is 17.5 Å². The molecule has 12 heteroatoms. The van der Waals surface area contributed by atoms with E-state index in [1.165, 1.54) is 0 Å². The second-order valence-corrected chi connectivity index (χ2v) is 20.5. The van der Waals surface area contributed by atoms with E-state index < -0.39 is 43.7 Å². The summed E-state index contributed by atoms with van der Waals surface area (Å²) in [4.78, 5) is 63.9. The highest BCUT2D eigenvalue weighted by Crippen LogP contribution is 2.58. The maximum Gasteiger partial charge on any atom is 0.306 e. The number of aryl methyl sites for hydroxylation is 2. The SMILES string of the molecule is Cc1nc2ccccc2c2c1O[C@]1(CC2)C[C@H]2C(=O)C[C@]3(C(=O)NS(=O)(=O)C4(C)CC4)C[C@H]3/C=C\CCCCC[C@H](CC(=O)OC3C[C@H]4C=C[C@@H]3C4)C(=O)N2C1. The van der Waals surface area contributed by atoms with Gasteiger partial charge in [0.25, 0.3) is 0 Å². The largest absolute Gasteiger partial charge is 0.483 e. The van der Waals surface area contributed by atoms with E-state index in [9.17, 15) is 27.6 Å². The Morgan fingerprint density at radius 3 is 2.62 bits per heavy atom. The summed E-state index contributed by atoms with van der Waals surface area (Å²) >= 11 is 0. The number of hydrogen-bond acceptors (Lipinski definition) is 9. The molecule has 2 aromatic rings. The first-order valence-corrected chi connectivity index (χ1v) is 22.3. The summed E-state index contributed by atoms with van der Waals surface area (Å²) in [6.45, 7) is 3.71. The number of rotatable bonds is 6. The number of nitrogens with one attached hydrogen (secondary N) is 1. The number of ether oxygens (including phenoxy) is 2. The lowest BCUT2D eigenvalue weighted by Gasteiger charge is -2.36. The fourth-order valence-electron chi connectivity index (χ4n) is 10.4. The van der Waals surface area contributed by atoms with Gasteiger partial charge in [-0.15, -0.1) is 0 Å².